The number of rotatable bonds is 2. The smallest absolute Gasteiger partial charge is 0.184 e. The predicted octanol–water partition coefficient (Wildman–Crippen LogP) is 1.07. The van der Waals surface area contributed by atoms with Crippen LogP contribution in [0.2, 0.25) is 0 Å². The number of hydrogen-bond donors (Lipinski definition) is 2. The number of halogens is 1. The first-order valence-electron chi connectivity index (χ1n) is 4.69. The van der Waals surface area contributed by atoms with Gasteiger partial charge in [-0.05, 0) is 15.9 Å². The van der Waals surface area contributed by atoms with Gasteiger partial charge in [-0.15, -0.1) is 0 Å². The third-order valence-electron chi connectivity index (χ3n) is 2.22. The first-order chi connectivity index (χ1) is 7.65. The van der Waals surface area contributed by atoms with Crippen LogP contribution in [-0.4, -0.2) is 30.6 Å². The van der Waals surface area contributed by atoms with Gasteiger partial charge in [-0.1, -0.05) is 0 Å². The predicted molar refractivity (Wildman–Crippen MR) is 60.2 cm³/mol. The molecule has 1 aromatic rings. The molecule has 0 unspecified atom stereocenters. The van der Waals surface area contributed by atoms with Gasteiger partial charge in [0.15, 0.2) is 17.3 Å². The molecular weight excluding hydrogens is 278 g/mol. The summed E-state index contributed by atoms with van der Waals surface area (Å²) in [7, 11) is 0. The van der Waals surface area contributed by atoms with Gasteiger partial charge in [0, 0.05) is 6.07 Å². The van der Waals surface area contributed by atoms with Gasteiger partial charge >= 0.3 is 0 Å². The fraction of sp³-hybridized carbons (Fsp3) is 0.300. The van der Waals surface area contributed by atoms with Gasteiger partial charge < -0.3 is 20.3 Å². The van der Waals surface area contributed by atoms with E-state index in [4.69, 9.17) is 15.2 Å². The lowest BCUT2D eigenvalue weighted by atomic mass is 10.1. The summed E-state index contributed by atoms with van der Waals surface area (Å²) in [5.74, 6) is 0.148. The maximum absolute atomic E-state index is 11.6. The number of aromatic hydroxyl groups is 1. The molecule has 1 aliphatic heterocycles. The molecule has 0 radical (unpaired) electrons. The van der Waals surface area contributed by atoms with Crippen molar-refractivity contribution in [3.05, 3.63) is 16.1 Å². The minimum atomic E-state index is -0.388. The molecule has 86 valence electrons. The Hall–Kier alpha value is -1.27. The van der Waals surface area contributed by atoms with Crippen LogP contribution in [0.5, 0.6) is 17.2 Å². The van der Waals surface area contributed by atoms with E-state index in [1.807, 2.05) is 0 Å². The lowest BCUT2D eigenvalue weighted by Crippen LogP contribution is -2.20. The molecule has 3 N–H and O–H groups in total. The highest BCUT2D eigenvalue weighted by molar-refractivity contribution is 9.10. The van der Waals surface area contributed by atoms with Crippen molar-refractivity contribution in [3.63, 3.8) is 0 Å². The zero-order valence-electron chi connectivity index (χ0n) is 8.33. The molecule has 6 heteroatoms. The van der Waals surface area contributed by atoms with Crippen LogP contribution in [0.4, 0.5) is 0 Å². The largest absolute Gasteiger partial charge is 0.506 e. The Morgan fingerprint density at radius 1 is 1.50 bits per heavy atom. The van der Waals surface area contributed by atoms with Gasteiger partial charge in [0.2, 0.25) is 0 Å². The number of benzene rings is 1. The van der Waals surface area contributed by atoms with E-state index in [0.29, 0.717) is 23.4 Å². The van der Waals surface area contributed by atoms with E-state index in [1.165, 1.54) is 0 Å². The van der Waals surface area contributed by atoms with E-state index in [9.17, 15) is 9.90 Å². The van der Waals surface area contributed by atoms with E-state index >= 15 is 0 Å². The Morgan fingerprint density at radius 2 is 2.19 bits per heavy atom. The fourth-order valence-corrected chi connectivity index (χ4v) is 1.91. The average molecular weight is 288 g/mol. The second kappa shape index (κ2) is 4.31. The van der Waals surface area contributed by atoms with E-state index in [1.54, 1.807) is 6.07 Å². The number of ketones is 1. The molecule has 0 saturated heterocycles. The number of carbonyl (C=O) groups excluding carboxylic acids is 1. The number of hydrogen-bond acceptors (Lipinski definition) is 5. The molecule has 0 saturated carbocycles. The molecular formula is C10H10BrNO4. The molecule has 1 aliphatic rings. The van der Waals surface area contributed by atoms with Crippen molar-refractivity contribution in [1.82, 2.24) is 0 Å². The van der Waals surface area contributed by atoms with Gasteiger partial charge in [0.05, 0.1) is 11.0 Å². The van der Waals surface area contributed by atoms with Crippen LogP contribution >= 0.6 is 15.9 Å². The molecule has 1 heterocycles. The van der Waals surface area contributed by atoms with Crippen LogP contribution in [0.1, 0.15) is 10.4 Å². The Kier molecular flexibility index (Phi) is 3.02. The number of phenolic OH excluding ortho intramolecular Hbond substituents is 1. The summed E-state index contributed by atoms with van der Waals surface area (Å²) < 4.78 is 11.0. The monoisotopic (exact) mass is 287 g/mol. The fourth-order valence-electron chi connectivity index (χ4n) is 1.51. The Balaban J connectivity index is 2.63. The Labute approximate surface area is 100 Å². The average Bonchev–Trinajstić information content (AvgIpc) is 2.30. The van der Waals surface area contributed by atoms with Crippen molar-refractivity contribution < 1.29 is 19.4 Å². The first-order valence-corrected chi connectivity index (χ1v) is 5.48. The number of fused-ring (bicyclic) bond motifs is 1. The molecule has 5 nitrogen and oxygen atoms in total. The highest BCUT2D eigenvalue weighted by Crippen LogP contribution is 2.43. The molecule has 0 spiro atoms. The molecule has 0 fully saturated rings. The number of ether oxygens (including phenoxy) is 2. The molecule has 0 atom stereocenters. The van der Waals surface area contributed by atoms with Gasteiger partial charge in [-0.2, -0.15) is 0 Å². The minimum absolute atomic E-state index is 0.0755. The van der Waals surface area contributed by atoms with Crippen LogP contribution in [0.3, 0.4) is 0 Å². The van der Waals surface area contributed by atoms with Crippen LogP contribution in [-0.2, 0) is 0 Å². The van der Waals surface area contributed by atoms with Crippen molar-refractivity contribution in [2.75, 3.05) is 19.8 Å². The highest BCUT2D eigenvalue weighted by atomic mass is 79.9. The summed E-state index contributed by atoms with van der Waals surface area (Å²) in [4.78, 5) is 11.6. The maximum Gasteiger partial charge on any atom is 0.184 e. The van der Waals surface area contributed by atoms with Gasteiger partial charge in [0.25, 0.3) is 0 Å². The Morgan fingerprint density at radius 3 is 2.88 bits per heavy atom. The normalized spacial score (nSPS) is 13.6. The summed E-state index contributed by atoms with van der Waals surface area (Å²) in [6.45, 7) is 0.569. The minimum Gasteiger partial charge on any atom is -0.506 e. The lowest BCUT2D eigenvalue weighted by Gasteiger charge is -2.21. The number of nitrogens with two attached hydrogens (primary N) is 1. The van der Waals surface area contributed by atoms with E-state index in [-0.39, 0.29) is 29.4 Å². The van der Waals surface area contributed by atoms with Crippen molar-refractivity contribution in [2.45, 2.75) is 0 Å². The zero-order chi connectivity index (χ0) is 11.7. The molecule has 1 aromatic carbocycles. The van der Waals surface area contributed by atoms with E-state index < -0.39 is 0 Å². The van der Waals surface area contributed by atoms with Gasteiger partial charge in [-0.25, -0.2) is 0 Å². The Bertz CT molecular complexity index is 447. The molecule has 0 aliphatic carbocycles. The van der Waals surface area contributed by atoms with Crippen molar-refractivity contribution in [1.29, 1.82) is 0 Å². The van der Waals surface area contributed by atoms with Gasteiger partial charge in [-0.3, -0.25) is 4.79 Å². The SMILES string of the molecule is NCC(=O)c1c(O)c(Br)cc2c1OCCO2. The molecule has 0 aromatic heterocycles. The van der Waals surface area contributed by atoms with Crippen molar-refractivity contribution in [2.24, 2.45) is 5.73 Å². The summed E-state index contributed by atoms with van der Waals surface area (Å²) in [5, 5.41) is 9.80. The number of Topliss-reactive ketones (excluding diaryl/α,β-unsaturated/α-hetero) is 1. The van der Waals surface area contributed by atoms with Crippen LogP contribution in [0.25, 0.3) is 0 Å². The summed E-state index contributed by atoms with van der Waals surface area (Å²) in [6.07, 6.45) is 0. The van der Waals surface area contributed by atoms with Crippen LogP contribution in [0.15, 0.2) is 10.5 Å². The molecule has 0 amide bonds. The van der Waals surface area contributed by atoms with Crippen LogP contribution < -0.4 is 15.2 Å². The molecule has 0 bridgehead atoms. The third kappa shape index (κ3) is 1.74. The standard InChI is InChI=1S/C10H10BrNO4/c11-5-3-7-10(16-2-1-15-7)8(9(5)14)6(13)4-12/h3,14H,1-2,4,12H2. The number of carbonyl (C=O) groups is 1. The highest BCUT2D eigenvalue weighted by Gasteiger charge is 2.25. The zero-order valence-corrected chi connectivity index (χ0v) is 9.91. The third-order valence-corrected chi connectivity index (χ3v) is 2.83. The quantitative estimate of drug-likeness (QED) is 0.795. The van der Waals surface area contributed by atoms with Crippen molar-refractivity contribution in [3.8, 4) is 17.2 Å². The number of phenols is 1. The van der Waals surface area contributed by atoms with Crippen molar-refractivity contribution >= 4 is 21.7 Å². The van der Waals surface area contributed by atoms with Gasteiger partial charge in [0.1, 0.15) is 24.5 Å². The van der Waals surface area contributed by atoms with Crippen LogP contribution in [0, 0.1) is 0 Å². The van der Waals surface area contributed by atoms with E-state index in [2.05, 4.69) is 15.9 Å². The second-order valence-corrected chi connectivity index (χ2v) is 4.09. The lowest BCUT2D eigenvalue weighted by molar-refractivity contribution is 0.0986. The summed E-state index contributed by atoms with van der Waals surface area (Å²) >= 11 is 3.14. The first kappa shape index (κ1) is 11.2. The summed E-state index contributed by atoms with van der Waals surface area (Å²) in [5.41, 5.74) is 5.36. The topological polar surface area (TPSA) is 81.8 Å². The summed E-state index contributed by atoms with van der Waals surface area (Å²) in [6, 6.07) is 1.57. The molecule has 2 rings (SSSR count). The van der Waals surface area contributed by atoms with E-state index in [0.717, 1.165) is 0 Å². The maximum atomic E-state index is 11.6. The molecule has 16 heavy (non-hydrogen) atoms. The second-order valence-electron chi connectivity index (χ2n) is 3.23.